The topological polar surface area (TPSA) is 64.9 Å². The molecule has 1 aliphatic rings. The van der Waals surface area contributed by atoms with E-state index in [1.807, 2.05) is 13.8 Å². The van der Waals surface area contributed by atoms with Crippen molar-refractivity contribution in [3.8, 4) is 0 Å². The molecule has 2 N–H and O–H groups in total. The van der Waals surface area contributed by atoms with Gasteiger partial charge in [-0.25, -0.2) is 8.78 Å². The fourth-order valence-electron chi connectivity index (χ4n) is 2.13. The van der Waals surface area contributed by atoms with Crippen LogP contribution < -0.4 is 5.73 Å². The molecule has 1 fully saturated rings. The minimum Gasteiger partial charge on any atom is -0.339 e. The van der Waals surface area contributed by atoms with E-state index in [-0.39, 0.29) is 24.3 Å². The smallest absolute Gasteiger partial charge is 0.248 e. The highest BCUT2D eigenvalue weighted by atomic mass is 19.3. The highest BCUT2D eigenvalue weighted by Crippen LogP contribution is 2.43. The first-order valence-corrected chi connectivity index (χ1v) is 6.24. The Morgan fingerprint density at radius 1 is 1.50 bits per heavy atom. The summed E-state index contributed by atoms with van der Waals surface area (Å²) >= 11 is 0. The zero-order valence-electron chi connectivity index (χ0n) is 10.7. The Bertz CT molecular complexity index is 412. The fourth-order valence-corrected chi connectivity index (χ4v) is 2.13. The van der Waals surface area contributed by atoms with Crippen molar-refractivity contribution in [2.75, 3.05) is 0 Å². The van der Waals surface area contributed by atoms with E-state index in [2.05, 4.69) is 10.1 Å². The van der Waals surface area contributed by atoms with Crippen molar-refractivity contribution >= 4 is 0 Å². The maximum absolute atomic E-state index is 13.1. The number of rotatable bonds is 4. The van der Waals surface area contributed by atoms with Gasteiger partial charge in [-0.2, -0.15) is 4.98 Å². The van der Waals surface area contributed by atoms with Gasteiger partial charge in [-0.05, 0) is 26.7 Å². The molecule has 0 aliphatic heterocycles. The summed E-state index contributed by atoms with van der Waals surface area (Å²) in [6.07, 6.45) is 1.47. The Balaban J connectivity index is 1.95. The maximum Gasteiger partial charge on any atom is 0.248 e. The van der Waals surface area contributed by atoms with Crippen LogP contribution in [0.5, 0.6) is 0 Å². The predicted molar refractivity (Wildman–Crippen MR) is 62.4 cm³/mol. The molecule has 1 heterocycles. The number of hydrogen-bond acceptors (Lipinski definition) is 4. The molecule has 1 aromatic heterocycles. The lowest BCUT2D eigenvalue weighted by atomic mass is 10.0. The molecule has 1 atom stereocenters. The number of nitrogens with zero attached hydrogens (tertiary/aromatic N) is 2. The Hall–Kier alpha value is -1.04. The van der Waals surface area contributed by atoms with Gasteiger partial charge in [-0.1, -0.05) is 5.16 Å². The van der Waals surface area contributed by atoms with Crippen molar-refractivity contribution in [2.24, 2.45) is 5.73 Å². The number of halogens is 2. The summed E-state index contributed by atoms with van der Waals surface area (Å²) in [4.78, 5) is 4.19. The largest absolute Gasteiger partial charge is 0.339 e. The average molecular weight is 259 g/mol. The number of aromatic nitrogens is 2. The van der Waals surface area contributed by atoms with E-state index in [1.165, 1.54) is 0 Å². The average Bonchev–Trinajstić information content (AvgIpc) is 2.80. The molecule has 0 aromatic carbocycles. The molecule has 0 amide bonds. The lowest BCUT2D eigenvalue weighted by Crippen LogP contribution is -2.32. The van der Waals surface area contributed by atoms with Gasteiger partial charge in [0.25, 0.3) is 0 Å². The zero-order chi connectivity index (χ0) is 13.4. The molecule has 6 heteroatoms. The van der Waals surface area contributed by atoms with Gasteiger partial charge in [0.1, 0.15) is 0 Å². The number of alkyl halides is 2. The van der Waals surface area contributed by atoms with Crippen LogP contribution in [-0.2, 0) is 6.42 Å². The Kier molecular flexibility index (Phi) is 3.40. The molecule has 0 saturated heterocycles. The zero-order valence-corrected chi connectivity index (χ0v) is 10.7. The Morgan fingerprint density at radius 2 is 2.22 bits per heavy atom. The maximum atomic E-state index is 13.1. The van der Waals surface area contributed by atoms with Crippen molar-refractivity contribution in [1.82, 2.24) is 10.1 Å². The predicted octanol–water partition coefficient (Wildman–Crippen LogP) is 2.64. The van der Waals surface area contributed by atoms with Crippen LogP contribution in [0.2, 0.25) is 0 Å². The lowest BCUT2D eigenvalue weighted by Gasteiger charge is -2.16. The van der Waals surface area contributed by atoms with Crippen LogP contribution in [0.15, 0.2) is 4.52 Å². The molecule has 2 rings (SSSR count). The van der Waals surface area contributed by atoms with E-state index in [0.717, 1.165) is 6.42 Å². The third kappa shape index (κ3) is 3.48. The third-order valence-corrected chi connectivity index (χ3v) is 3.24. The Morgan fingerprint density at radius 3 is 2.78 bits per heavy atom. The minimum absolute atomic E-state index is 0.0859. The summed E-state index contributed by atoms with van der Waals surface area (Å²) in [5.74, 6) is -1.95. The first kappa shape index (κ1) is 13.4. The summed E-state index contributed by atoms with van der Waals surface area (Å²) in [6, 6.07) is 0. The van der Waals surface area contributed by atoms with Crippen molar-refractivity contribution in [2.45, 2.75) is 63.3 Å². The van der Waals surface area contributed by atoms with Gasteiger partial charge in [-0.3, -0.25) is 0 Å². The molecule has 18 heavy (non-hydrogen) atoms. The number of hydrogen-bond donors (Lipinski definition) is 1. The van der Waals surface area contributed by atoms with E-state index in [4.69, 9.17) is 10.3 Å². The van der Waals surface area contributed by atoms with Gasteiger partial charge in [0, 0.05) is 30.7 Å². The first-order chi connectivity index (χ1) is 8.25. The van der Waals surface area contributed by atoms with Crippen LogP contribution in [0.3, 0.4) is 0 Å². The van der Waals surface area contributed by atoms with Crippen LogP contribution >= 0.6 is 0 Å². The van der Waals surface area contributed by atoms with E-state index >= 15 is 0 Å². The van der Waals surface area contributed by atoms with E-state index in [0.29, 0.717) is 24.6 Å². The molecule has 0 bridgehead atoms. The molecular weight excluding hydrogens is 240 g/mol. The Labute approximate surface area is 105 Å². The molecule has 1 saturated carbocycles. The van der Waals surface area contributed by atoms with Gasteiger partial charge in [0.05, 0.1) is 0 Å². The van der Waals surface area contributed by atoms with Crippen LogP contribution in [0.25, 0.3) is 0 Å². The van der Waals surface area contributed by atoms with Crippen LogP contribution in [0, 0.1) is 0 Å². The molecule has 1 aromatic rings. The quantitative estimate of drug-likeness (QED) is 0.902. The summed E-state index contributed by atoms with van der Waals surface area (Å²) in [6.45, 7) is 3.84. The van der Waals surface area contributed by atoms with E-state index in [9.17, 15) is 8.78 Å². The molecule has 0 radical (unpaired) electrons. The SMILES string of the molecule is CC(C)(N)CCc1nc(C2CCC(F)(F)C2)no1. The molecule has 1 aliphatic carbocycles. The number of aryl methyl sites for hydroxylation is 1. The van der Waals surface area contributed by atoms with Crippen LogP contribution in [-0.4, -0.2) is 21.6 Å². The van der Waals surface area contributed by atoms with Gasteiger partial charge >= 0.3 is 0 Å². The van der Waals surface area contributed by atoms with Crippen molar-refractivity contribution in [1.29, 1.82) is 0 Å². The van der Waals surface area contributed by atoms with E-state index in [1.54, 1.807) is 0 Å². The van der Waals surface area contributed by atoms with E-state index < -0.39 is 5.92 Å². The fraction of sp³-hybridized carbons (Fsp3) is 0.833. The highest BCUT2D eigenvalue weighted by Gasteiger charge is 2.41. The molecular formula is C12H19F2N3O. The summed E-state index contributed by atoms with van der Waals surface area (Å²) in [5.41, 5.74) is 5.56. The second-order valence-electron chi connectivity index (χ2n) is 5.83. The summed E-state index contributed by atoms with van der Waals surface area (Å²) < 4.78 is 31.3. The first-order valence-electron chi connectivity index (χ1n) is 6.24. The normalized spacial score (nSPS) is 23.5. The van der Waals surface area contributed by atoms with Crippen molar-refractivity contribution in [3.63, 3.8) is 0 Å². The standard InChI is InChI=1S/C12H19F2N3O/c1-11(2,15)5-4-9-16-10(17-18-9)8-3-6-12(13,14)7-8/h8H,3-7,15H2,1-2H3. The molecule has 0 spiro atoms. The molecule has 102 valence electrons. The summed E-state index contributed by atoms with van der Waals surface area (Å²) in [7, 11) is 0. The second kappa shape index (κ2) is 4.57. The number of nitrogens with two attached hydrogens (primary N) is 1. The molecule has 4 nitrogen and oxygen atoms in total. The van der Waals surface area contributed by atoms with Gasteiger partial charge < -0.3 is 10.3 Å². The monoisotopic (exact) mass is 259 g/mol. The third-order valence-electron chi connectivity index (χ3n) is 3.24. The van der Waals surface area contributed by atoms with Crippen LogP contribution in [0.4, 0.5) is 8.78 Å². The second-order valence-corrected chi connectivity index (χ2v) is 5.83. The highest BCUT2D eigenvalue weighted by molar-refractivity contribution is 5.02. The van der Waals surface area contributed by atoms with Crippen molar-refractivity contribution in [3.05, 3.63) is 11.7 Å². The minimum atomic E-state index is -2.58. The van der Waals surface area contributed by atoms with Crippen molar-refractivity contribution < 1.29 is 13.3 Å². The lowest BCUT2D eigenvalue weighted by molar-refractivity contribution is 0.00749. The van der Waals surface area contributed by atoms with Crippen LogP contribution in [0.1, 0.15) is 57.2 Å². The van der Waals surface area contributed by atoms with Gasteiger partial charge in [0.2, 0.25) is 11.8 Å². The van der Waals surface area contributed by atoms with Gasteiger partial charge in [0.15, 0.2) is 5.82 Å². The summed E-state index contributed by atoms with van der Waals surface area (Å²) in [5, 5.41) is 3.80. The molecule has 1 unspecified atom stereocenters. The van der Waals surface area contributed by atoms with Gasteiger partial charge in [-0.15, -0.1) is 0 Å².